The second-order valence-corrected chi connectivity index (χ2v) is 6.86. The van der Waals surface area contributed by atoms with E-state index in [2.05, 4.69) is 12.1 Å². The van der Waals surface area contributed by atoms with Gasteiger partial charge in [-0.3, -0.25) is 4.79 Å². The highest BCUT2D eigenvalue weighted by Crippen LogP contribution is 2.41. The maximum Gasteiger partial charge on any atom is 0.231 e. The van der Waals surface area contributed by atoms with Gasteiger partial charge in [0.1, 0.15) is 6.10 Å². The van der Waals surface area contributed by atoms with Crippen molar-refractivity contribution in [2.45, 2.75) is 37.6 Å². The van der Waals surface area contributed by atoms with Gasteiger partial charge in [0.05, 0.1) is 32.3 Å². The molecule has 2 heterocycles. The normalized spacial score (nSPS) is 29.8. The first kappa shape index (κ1) is 16.1. The molecule has 0 N–H and O–H groups in total. The average Bonchev–Trinajstić information content (AvgIpc) is 3.11. The van der Waals surface area contributed by atoms with Crippen LogP contribution < -0.4 is 0 Å². The van der Waals surface area contributed by atoms with Crippen LogP contribution in [0.5, 0.6) is 0 Å². The second-order valence-electron chi connectivity index (χ2n) is 6.86. The molecule has 5 nitrogen and oxygen atoms in total. The highest BCUT2D eigenvalue weighted by atomic mass is 16.7. The predicted octanol–water partition coefficient (Wildman–Crippen LogP) is 2.52. The fourth-order valence-electron chi connectivity index (χ4n) is 4.18. The Labute approximate surface area is 142 Å². The molecule has 130 valence electrons. The number of carbonyl (C=O) groups is 1. The summed E-state index contributed by atoms with van der Waals surface area (Å²) < 4.78 is 17.7. The van der Waals surface area contributed by atoms with Gasteiger partial charge in [-0.2, -0.15) is 0 Å². The molecule has 4 rings (SSSR count). The van der Waals surface area contributed by atoms with E-state index < -0.39 is 5.79 Å². The minimum atomic E-state index is -0.671. The quantitative estimate of drug-likeness (QED) is 0.835. The maximum atomic E-state index is 13.2. The number of rotatable bonds is 2. The minimum Gasteiger partial charge on any atom is -0.370 e. The smallest absolute Gasteiger partial charge is 0.231 e. The van der Waals surface area contributed by atoms with Crippen molar-refractivity contribution in [3.8, 4) is 0 Å². The molecule has 1 amide bonds. The summed E-state index contributed by atoms with van der Waals surface area (Å²) in [6, 6.07) is 10.1. The number of morpholine rings is 1. The minimum absolute atomic E-state index is 0.0474. The van der Waals surface area contributed by atoms with Crippen LogP contribution in [0.25, 0.3) is 0 Å². The topological polar surface area (TPSA) is 48.0 Å². The molecule has 0 radical (unpaired) electrons. The zero-order valence-electron chi connectivity index (χ0n) is 14.0. The number of hydrogen-bond acceptors (Lipinski definition) is 4. The van der Waals surface area contributed by atoms with Crippen molar-refractivity contribution < 1.29 is 19.0 Å². The van der Waals surface area contributed by atoms with Crippen LogP contribution in [0, 0.1) is 5.92 Å². The zero-order chi connectivity index (χ0) is 16.4. The number of ether oxygens (including phenoxy) is 3. The summed E-state index contributed by atoms with van der Waals surface area (Å²) in [5, 5.41) is 0. The van der Waals surface area contributed by atoms with Crippen LogP contribution in [-0.4, -0.2) is 49.5 Å². The molecule has 2 aliphatic heterocycles. The molecule has 2 saturated heterocycles. The fraction of sp³-hybridized carbons (Fsp3) is 0.632. The summed E-state index contributed by atoms with van der Waals surface area (Å²) in [7, 11) is 0. The third-order valence-electron chi connectivity index (χ3n) is 5.42. The van der Waals surface area contributed by atoms with Crippen molar-refractivity contribution in [3.05, 3.63) is 35.9 Å². The summed E-state index contributed by atoms with van der Waals surface area (Å²) in [6.07, 6.45) is 3.77. The first-order valence-corrected chi connectivity index (χ1v) is 9.02. The molecule has 1 aliphatic carbocycles. The maximum absolute atomic E-state index is 13.2. The van der Waals surface area contributed by atoms with Crippen molar-refractivity contribution in [2.24, 2.45) is 5.92 Å². The monoisotopic (exact) mass is 331 g/mol. The van der Waals surface area contributed by atoms with Gasteiger partial charge in [0.25, 0.3) is 0 Å². The predicted molar refractivity (Wildman–Crippen MR) is 88.3 cm³/mol. The van der Waals surface area contributed by atoms with Crippen molar-refractivity contribution in [1.29, 1.82) is 0 Å². The van der Waals surface area contributed by atoms with Gasteiger partial charge in [0, 0.05) is 13.0 Å². The third-order valence-corrected chi connectivity index (χ3v) is 5.42. The summed E-state index contributed by atoms with van der Waals surface area (Å²) in [5.74, 6) is -0.681. The molecular weight excluding hydrogens is 306 g/mol. The van der Waals surface area contributed by atoms with Gasteiger partial charge in [0.15, 0.2) is 5.79 Å². The van der Waals surface area contributed by atoms with Gasteiger partial charge in [-0.25, -0.2) is 0 Å². The molecule has 0 aromatic heterocycles. The number of benzene rings is 1. The summed E-state index contributed by atoms with van der Waals surface area (Å²) in [6.45, 7) is 3.02. The van der Waals surface area contributed by atoms with E-state index in [9.17, 15) is 4.79 Å². The fourth-order valence-corrected chi connectivity index (χ4v) is 4.18. The van der Waals surface area contributed by atoms with E-state index in [0.717, 1.165) is 31.2 Å². The van der Waals surface area contributed by atoms with Crippen LogP contribution in [-0.2, 0) is 19.0 Å². The van der Waals surface area contributed by atoms with Crippen LogP contribution in [0.2, 0.25) is 0 Å². The van der Waals surface area contributed by atoms with Gasteiger partial charge in [-0.15, -0.1) is 0 Å². The molecule has 0 unspecified atom stereocenters. The Bertz CT molecular complexity index is 570. The lowest BCUT2D eigenvalue weighted by atomic mass is 9.82. The standard InChI is InChI=1S/C19H25NO4/c21-18(16-8-4-5-9-19(16)23-12-13-24-19)20-10-11-22-17(14-20)15-6-2-1-3-7-15/h1-3,6-7,16-17H,4-5,8-14H2/t16-,17-/m0/s1. The van der Waals surface area contributed by atoms with Gasteiger partial charge in [-0.05, 0) is 18.4 Å². The van der Waals surface area contributed by atoms with Crippen LogP contribution in [0.3, 0.4) is 0 Å². The molecule has 3 aliphatic rings. The Morgan fingerprint density at radius 3 is 2.67 bits per heavy atom. The lowest BCUT2D eigenvalue weighted by Crippen LogP contribution is -2.53. The van der Waals surface area contributed by atoms with Crippen LogP contribution in [0.15, 0.2) is 30.3 Å². The summed E-state index contributed by atoms with van der Waals surface area (Å²) in [4.78, 5) is 15.1. The number of hydrogen-bond donors (Lipinski definition) is 0. The molecule has 2 atom stereocenters. The largest absolute Gasteiger partial charge is 0.370 e. The van der Waals surface area contributed by atoms with Gasteiger partial charge in [0.2, 0.25) is 5.91 Å². The van der Waals surface area contributed by atoms with Crippen molar-refractivity contribution in [2.75, 3.05) is 32.9 Å². The molecule has 24 heavy (non-hydrogen) atoms. The molecule has 1 spiro atoms. The van der Waals surface area contributed by atoms with Gasteiger partial charge in [-0.1, -0.05) is 36.8 Å². The van der Waals surface area contributed by atoms with Crippen LogP contribution in [0.1, 0.15) is 37.4 Å². The Morgan fingerprint density at radius 2 is 1.88 bits per heavy atom. The van der Waals surface area contributed by atoms with E-state index in [-0.39, 0.29) is 17.9 Å². The van der Waals surface area contributed by atoms with Crippen LogP contribution in [0.4, 0.5) is 0 Å². The second kappa shape index (κ2) is 6.82. The van der Waals surface area contributed by atoms with Crippen LogP contribution >= 0.6 is 0 Å². The Balaban J connectivity index is 1.49. The first-order chi connectivity index (χ1) is 11.8. The van der Waals surface area contributed by atoms with Gasteiger partial charge >= 0.3 is 0 Å². The van der Waals surface area contributed by atoms with E-state index in [1.807, 2.05) is 23.1 Å². The lowest BCUT2D eigenvalue weighted by molar-refractivity contribution is -0.218. The zero-order valence-corrected chi connectivity index (χ0v) is 14.0. The highest BCUT2D eigenvalue weighted by Gasteiger charge is 2.50. The summed E-state index contributed by atoms with van der Waals surface area (Å²) in [5.41, 5.74) is 1.13. The van der Waals surface area contributed by atoms with Gasteiger partial charge < -0.3 is 19.1 Å². The Morgan fingerprint density at radius 1 is 1.08 bits per heavy atom. The Kier molecular flexibility index (Phi) is 4.57. The summed E-state index contributed by atoms with van der Waals surface area (Å²) >= 11 is 0. The van der Waals surface area contributed by atoms with Crippen molar-refractivity contribution in [3.63, 3.8) is 0 Å². The molecule has 3 fully saturated rings. The van der Waals surface area contributed by atoms with E-state index in [1.165, 1.54) is 0 Å². The van der Waals surface area contributed by atoms with Crippen molar-refractivity contribution in [1.82, 2.24) is 4.90 Å². The molecular formula is C19H25NO4. The third kappa shape index (κ3) is 2.96. The Hall–Kier alpha value is -1.43. The number of nitrogens with zero attached hydrogens (tertiary/aromatic N) is 1. The molecule has 1 aromatic carbocycles. The average molecular weight is 331 g/mol. The highest BCUT2D eigenvalue weighted by molar-refractivity contribution is 5.80. The van der Waals surface area contributed by atoms with E-state index >= 15 is 0 Å². The first-order valence-electron chi connectivity index (χ1n) is 9.02. The molecule has 5 heteroatoms. The number of amides is 1. The molecule has 1 aromatic rings. The van der Waals surface area contributed by atoms with E-state index in [4.69, 9.17) is 14.2 Å². The van der Waals surface area contributed by atoms with E-state index in [0.29, 0.717) is 32.9 Å². The molecule has 1 saturated carbocycles. The van der Waals surface area contributed by atoms with Crippen molar-refractivity contribution >= 4 is 5.91 Å². The number of carbonyl (C=O) groups excluding carboxylic acids is 1. The lowest BCUT2D eigenvalue weighted by Gasteiger charge is -2.42. The SMILES string of the molecule is O=C([C@@H]1CCCCC12OCCO2)N1CCO[C@H](c2ccccc2)C1. The van der Waals surface area contributed by atoms with E-state index in [1.54, 1.807) is 0 Å². The molecule has 0 bridgehead atoms.